The van der Waals surface area contributed by atoms with E-state index in [9.17, 15) is 19.2 Å². The van der Waals surface area contributed by atoms with E-state index in [1.165, 1.54) is 51.1 Å². The number of alkyl halides is 1. The van der Waals surface area contributed by atoms with Gasteiger partial charge in [0.25, 0.3) is 5.91 Å². The van der Waals surface area contributed by atoms with Crippen LogP contribution in [0.3, 0.4) is 0 Å². The Hall–Kier alpha value is -3.55. The summed E-state index contributed by atoms with van der Waals surface area (Å²) in [6.07, 6.45) is 0.341. The molecule has 0 aliphatic carbocycles. The van der Waals surface area contributed by atoms with E-state index in [4.69, 9.17) is 21.1 Å². The molecule has 0 saturated carbocycles. The van der Waals surface area contributed by atoms with Crippen molar-refractivity contribution in [2.75, 3.05) is 5.75 Å². The SMILES string of the molecule is CC(C)(C)OC(=O)N[C@@H]1C(=O)N2C(C(=O)OC(c3ccccc3)c3ccccc3)=C(C=CSc3sc4ccsc4c(=O)c3CCl)CS[C@@H]12. The van der Waals surface area contributed by atoms with E-state index in [2.05, 4.69) is 5.32 Å². The number of alkyl carbamates (subject to hydrolysis) is 1. The zero-order valence-corrected chi connectivity index (χ0v) is 30.2. The van der Waals surface area contributed by atoms with Crippen molar-refractivity contribution in [2.45, 2.75) is 54.0 Å². The molecule has 0 unspecified atom stereocenters. The maximum Gasteiger partial charge on any atom is 0.408 e. The maximum atomic E-state index is 14.2. The molecule has 48 heavy (non-hydrogen) atoms. The Bertz CT molecular complexity index is 1930. The number of hydrogen-bond acceptors (Lipinski definition) is 10. The third-order valence-corrected chi connectivity index (χ3v) is 12.3. The van der Waals surface area contributed by atoms with E-state index < -0.39 is 41.1 Å². The summed E-state index contributed by atoms with van der Waals surface area (Å²) in [7, 11) is 0. The molecule has 1 N–H and O–H groups in total. The van der Waals surface area contributed by atoms with Gasteiger partial charge in [-0.05, 0) is 60.4 Å². The molecule has 6 rings (SSSR count). The lowest BCUT2D eigenvalue weighted by Gasteiger charge is -2.49. The number of fused-ring (bicyclic) bond motifs is 2. The first kappa shape index (κ1) is 34.3. The molecule has 248 valence electrons. The van der Waals surface area contributed by atoms with Gasteiger partial charge in [-0.25, -0.2) is 9.59 Å². The number of β-lactam (4-membered cyclic amide) rings is 1. The van der Waals surface area contributed by atoms with Gasteiger partial charge in [0.2, 0.25) is 5.43 Å². The van der Waals surface area contributed by atoms with Crippen LogP contribution in [0.4, 0.5) is 4.79 Å². The van der Waals surface area contributed by atoms with Crippen LogP contribution in [-0.4, -0.2) is 45.6 Å². The van der Waals surface area contributed by atoms with Crippen LogP contribution in [0.1, 0.15) is 43.6 Å². The number of hydrogen-bond donors (Lipinski definition) is 1. The molecule has 2 aromatic carbocycles. The van der Waals surface area contributed by atoms with Gasteiger partial charge in [0.1, 0.15) is 22.7 Å². The monoisotopic (exact) mass is 738 g/mol. The fourth-order valence-electron chi connectivity index (χ4n) is 5.26. The molecule has 0 spiro atoms. The lowest BCUT2D eigenvalue weighted by molar-refractivity contribution is -0.153. The van der Waals surface area contributed by atoms with Crippen LogP contribution in [0.5, 0.6) is 0 Å². The van der Waals surface area contributed by atoms with E-state index in [-0.39, 0.29) is 17.0 Å². The number of halogens is 1. The lowest BCUT2D eigenvalue weighted by atomic mass is 10.0. The predicted octanol–water partition coefficient (Wildman–Crippen LogP) is 8.06. The van der Waals surface area contributed by atoms with Crippen molar-refractivity contribution < 1.29 is 23.9 Å². The van der Waals surface area contributed by atoms with Crippen molar-refractivity contribution in [3.8, 4) is 0 Å². The van der Waals surface area contributed by atoms with Gasteiger partial charge in [-0.1, -0.05) is 72.4 Å². The number of allylic oxidation sites excluding steroid dienone is 1. The third kappa shape index (κ3) is 7.23. The van der Waals surface area contributed by atoms with Crippen LogP contribution >= 0.6 is 57.8 Å². The normalized spacial score (nSPS) is 17.9. The predicted molar refractivity (Wildman–Crippen MR) is 195 cm³/mol. The molecule has 8 nitrogen and oxygen atoms in total. The van der Waals surface area contributed by atoms with Crippen molar-refractivity contribution in [3.05, 3.63) is 122 Å². The molecule has 2 aromatic heterocycles. The van der Waals surface area contributed by atoms with Crippen molar-refractivity contribution in [1.29, 1.82) is 0 Å². The average Bonchev–Trinajstić information content (AvgIpc) is 3.55. The molecule has 13 heteroatoms. The Morgan fingerprint density at radius 1 is 1.06 bits per heavy atom. The van der Waals surface area contributed by atoms with E-state index in [1.807, 2.05) is 72.1 Å². The smallest absolute Gasteiger partial charge is 0.408 e. The summed E-state index contributed by atoms with van der Waals surface area (Å²) in [5, 5.41) is 5.83. The van der Waals surface area contributed by atoms with Crippen LogP contribution in [0.2, 0.25) is 0 Å². The number of ether oxygens (including phenoxy) is 2. The summed E-state index contributed by atoms with van der Waals surface area (Å²) in [6.45, 7) is 5.23. The first-order valence-electron chi connectivity index (χ1n) is 15.0. The van der Waals surface area contributed by atoms with Gasteiger partial charge in [0.05, 0.1) is 19.5 Å². The zero-order chi connectivity index (χ0) is 34.0. The minimum absolute atomic E-state index is 0.0752. The Morgan fingerprint density at radius 3 is 2.35 bits per heavy atom. The number of rotatable bonds is 9. The summed E-state index contributed by atoms with van der Waals surface area (Å²) in [5.41, 5.74) is 1.95. The number of nitrogens with one attached hydrogen (secondary N) is 1. The van der Waals surface area contributed by atoms with E-state index in [1.54, 1.807) is 32.3 Å². The van der Waals surface area contributed by atoms with Crippen molar-refractivity contribution in [3.63, 3.8) is 0 Å². The summed E-state index contributed by atoms with van der Waals surface area (Å²) >= 11 is 11.9. The number of carbonyl (C=O) groups excluding carboxylic acids is 3. The van der Waals surface area contributed by atoms with Gasteiger partial charge in [0, 0.05) is 11.3 Å². The molecule has 1 saturated heterocycles. The summed E-state index contributed by atoms with van der Waals surface area (Å²) < 4.78 is 13.9. The van der Waals surface area contributed by atoms with E-state index >= 15 is 0 Å². The second-order valence-electron chi connectivity index (χ2n) is 11.9. The van der Waals surface area contributed by atoms with Crippen LogP contribution in [0.25, 0.3) is 9.40 Å². The average molecular weight is 739 g/mol. The van der Waals surface area contributed by atoms with E-state index in [0.29, 0.717) is 21.6 Å². The molecule has 4 heterocycles. The Balaban J connectivity index is 1.33. The highest BCUT2D eigenvalue weighted by Crippen LogP contribution is 2.43. The number of amides is 2. The molecular weight excluding hydrogens is 708 g/mol. The number of nitrogens with zero attached hydrogens (tertiary/aromatic N) is 1. The Kier molecular flexibility index (Phi) is 10.4. The fraction of sp³-hybridized carbons (Fsp3) is 0.257. The second-order valence-corrected chi connectivity index (χ2v) is 16.4. The Labute approximate surface area is 299 Å². The minimum atomic E-state index is -0.868. The molecule has 0 radical (unpaired) electrons. The van der Waals surface area contributed by atoms with Crippen molar-refractivity contribution in [1.82, 2.24) is 10.2 Å². The molecule has 0 bridgehead atoms. The summed E-state index contributed by atoms with van der Waals surface area (Å²) in [6, 6.07) is 19.9. The second kappa shape index (κ2) is 14.5. The molecule has 2 aliphatic rings. The molecule has 1 fully saturated rings. The highest BCUT2D eigenvalue weighted by molar-refractivity contribution is 8.04. The summed E-state index contributed by atoms with van der Waals surface area (Å²) in [4.78, 5) is 54.8. The van der Waals surface area contributed by atoms with E-state index in [0.717, 1.165) is 20.0 Å². The number of thioether (sulfide) groups is 2. The number of esters is 1. The molecular formula is C35H31ClN2O6S4. The summed E-state index contributed by atoms with van der Waals surface area (Å²) in [5.74, 6) is -0.666. The van der Waals surface area contributed by atoms with Gasteiger partial charge in [-0.2, -0.15) is 0 Å². The standard InChI is InChI=1S/C35H31ClN2O6S4/c1-35(2,3)44-34(42)37-25-30(40)38-26(32(41)43-28(20-10-6-4-7-11-20)21-12-8-5-9-13-21)22(19-47-31(25)38)14-16-46-33-23(18-36)27(39)29-24(48-33)15-17-45-29/h4-17,25,28,31H,18-19H2,1-3H3,(H,37,42)/t25-,31+/m1/s1. The molecule has 2 atom stereocenters. The van der Waals surface area contributed by atoms with Crippen LogP contribution in [0, 0.1) is 0 Å². The fourth-order valence-corrected chi connectivity index (χ4v) is 10.2. The van der Waals surface area contributed by atoms with Crippen LogP contribution in [0.15, 0.2) is 104 Å². The maximum absolute atomic E-state index is 14.2. The quantitative estimate of drug-likeness (QED) is 0.0797. The van der Waals surface area contributed by atoms with Gasteiger partial charge < -0.3 is 14.8 Å². The third-order valence-electron chi connectivity index (χ3n) is 7.43. The minimum Gasteiger partial charge on any atom is -0.448 e. The lowest BCUT2D eigenvalue weighted by Crippen LogP contribution is -2.70. The van der Waals surface area contributed by atoms with Gasteiger partial charge >= 0.3 is 12.1 Å². The van der Waals surface area contributed by atoms with Crippen LogP contribution < -0.4 is 10.7 Å². The topological polar surface area (TPSA) is 102 Å². The Morgan fingerprint density at radius 2 is 1.73 bits per heavy atom. The largest absolute Gasteiger partial charge is 0.448 e. The number of carbonyl (C=O) groups is 3. The zero-order valence-electron chi connectivity index (χ0n) is 26.1. The first-order chi connectivity index (χ1) is 23.1. The number of benzene rings is 2. The molecule has 2 amide bonds. The molecule has 2 aliphatic heterocycles. The van der Waals surface area contributed by atoms with Crippen molar-refractivity contribution >= 4 is 85.2 Å². The molecule has 4 aromatic rings. The van der Waals surface area contributed by atoms with Gasteiger partial charge in [-0.15, -0.1) is 46.0 Å². The van der Waals surface area contributed by atoms with Gasteiger partial charge in [0.15, 0.2) is 6.10 Å². The first-order valence-corrected chi connectivity index (χ1v) is 19.1. The highest BCUT2D eigenvalue weighted by Gasteiger charge is 2.54. The van der Waals surface area contributed by atoms with Crippen molar-refractivity contribution in [2.24, 2.45) is 0 Å². The number of thiophene rings is 1. The highest BCUT2D eigenvalue weighted by atomic mass is 35.5. The van der Waals surface area contributed by atoms with Gasteiger partial charge in [-0.3, -0.25) is 14.5 Å². The van der Waals surface area contributed by atoms with Crippen LogP contribution in [-0.2, 0) is 24.9 Å².